The van der Waals surface area contributed by atoms with Crippen LogP contribution in [0.1, 0.15) is 23.0 Å². The van der Waals surface area contributed by atoms with Crippen molar-refractivity contribution in [3.05, 3.63) is 21.9 Å². The SMILES string of the molecule is Cc1ccsc1C(O)C(N)CCN(C)C. The van der Waals surface area contributed by atoms with Crippen LogP contribution in [-0.4, -0.2) is 36.7 Å². The van der Waals surface area contributed by atoms with E-state index in [1.54, 1.807) is 11.3 Å². The number of hydrogen-bond donors (Lipinski definition) is 2. The Labute approximate surface area is 95.5 Å². The van der Waals surface area contributed by atoms with E-state index >= 15 is 0 Å². The van der Waals surface area contributed by atoms with E-state index in [1.807, 2.05) is 32.5 Å². The van der Waals surface area contributed by atoms with Crippen molar-refractivity contribution in [1.82, 2.24) is 4.90 Å². The molecule has 0 radical (unpaired) electrons. The Morgan fingerprint density at radius 2 is 2.20 bits per heavy atom. The molecule has 1 heterocycles. The largest absolute Gasteiger partial charge is 0.386 e. The van der Waals surface area contributed by atoms with Crippen LogP contribution in [0, 0.1) is 6.92 Å². The Bertz CT molecular complexity index is 299. The third kappa shape index (κ3) is 3.57. The lowest BCUT2D eigenvalue weighted by Crippen LogP contribution is -2.32. The second-order valence-corrected chi connectivity index (χ2v) is 5.12. The summed E-state index contributed by atoms with van der Waals surface area (Å²) in [5.41, 5.74) is 7.09. The predicted octanol–water partition coefficient (Wildman–Crippen LogP) is 1.37. The van der Waals surface area contributed by atoms with Gasteiger partial charge in [-0.25, -0.2) is 0 Å². The summed E-state index contributed by atoms with van der Waals surface area (Å²) in [4.78, 5) is 3.08. The third-order valence-corrected chi connectivity index (χ3v) is 3.58. The van der Waals surface area contributed by atoms with Crippen LogP contribution in [0.15, 0.2) is 11.4 Å². The molecule has 15 heavy (non-hydrogen) atoms. The van der Waals surface area contributed by atoms with E-state index in [9.17, 15) is 5.11 Å². The van der Waals surface area contributed by atoms with Crippen molar-refractivity contribution < 1.29 is 5.11 Å². The van der Waals surface area contributed by atoms with Gasteiger partial charge >= 0.3 is 0 Å². The average Bonchev–Trinajstić information content (AvgIpc) is 2.59. The lowest BCUT2D eigenvalue weighted by Gasteiger charge is -2.20. The second kappa shape index (κ2) is 5.61. The molecule has 0 bridgehead atoms. The Morgan fingerprint density at radius 1 is 1.53 bits per heavy atom. The van der Waals surface area contributed by atoms with Gasteiger partial charge in [-0.2, -0.15) is 0 Å². The van der Waals surface area contributed by atoms with Crippen LogP contribution < -0.4 is 5.73 Å². The van der Waals surface area contributed by atoms with Crippen LogP contribution in [0.3, 0.4) is 0 Å². The molecule has 0 saturated heterocycles. The lowest BCUT2D eigenvalue weighted by molar-refractivity contribution is 0.140. The zero-order chi connectivity index (χ0) is 11.4. The third-order valence-electron chi connectivity index (χ3n) is 2.49. The molecule has 0 aliphatic carbocycles. The van der Waals surface area contributed by atoms with Crippen molar-refractivity contribution in [1.29, 1.82) is 0 Å². The van der Waals surface area contributed by atoms with Crippen molar-refractivity contribution >= 4 is 11.3 Å². The van der Waals surface area contributed by atoms with Gasteiger partial charge in [-0.1, -0.05) is 0 Å². The smallest absolute Gasteiger partial charge is 0.103 e. The zero-order valence-electron chi connectivity index (χ0n) is 9.60. The van der Waals surface area contributed by atoms with Gasteiger partial charge in [0.15, 0.2) is 0 Å². The van der Waals surface area contributed by atoms with Crippen molar-refractivity contribution in [3.63, 3.8) is 0 Å². The molecule has 4 heteroatoms. The molecule has 3 nitrogen and oxygen atoms in total. The van der Waals surface area contributed by atoms with E-state index in [1.165, 1.54) is 0 Å². The first kappa shape index (κ1) is 12.6. The number of rotatable bonds is 5. The normalized spacial score (nSPS) is 15.6. The fourth-order valence-corrected chi connectivity index (χ4v) is 2.43. The molecule has 0 spiro atoms. The summed E-state index contributed by atoms with van der Waals surface area (Å²) in [6.45, 7) is 2.91. The number of aryl methyl sites for hydroxylation is 1. The highest BCUT2D eigenvalue weighted by Crippen LogP contribution is 2.26. The number of nitrogens with two attached hydrogens (primary N) is 1. The molecule has 0 amide bonds. The molecule has 0 aliphatic rings. The summed E-state index contributed by atoms with van der Waals surface area (Å²) in [7, 11) is 4.02. The van der Waals surface area contributed by atoms with Crippen molar-refractivity contribution in [2.75, 3.05) is 20.6 Å². The highest BCUT2D eigenvalue weighted by atomic mass is 32.1. The Hall–Kier alpha value is -0.420. The molecule has 0 saturated carbocycles. The van der Waals surface area contributed by atoms with Crippen molar-refractivity contribution in [3.8, 4) is 0 Å². The summed E-state index contributed by atoms with van der Waals surface area (Å²) in [5, 5.41) is 12.0. The van der Waals surface area contributed by atoms with Gasteiger partial charge in [0, 0.05) is 10.9 Å². The van der Waals surface area contributed by atoms with Crippen LogP contribution in [0.5, 0.6) is 0 Å². The molecule has 0 fully saturated rings. The summed E-state index contributed by atoms with van der Waals surface area (Å²) >= 11 is 1.58. The van der Waals surface area contributed by atoms with E-state index in [0.717, 1.165) is 23.4 Å². The van der Waals surface area contributed by atoms with Crippen molar-refractivity contribution in [2.45, 2.75) is 25.5 Å². The molecule has 1 aromatic rings. The number of hydrogen-bond acceptors (Lipinski definition) is 4. The monoisotopic (exact) mass is 228 g/mol. The average molecular weight is 228 g/mol. The highest BCUT2D eigenvalue weighted by Gasteiger charge is 2.19. The van der Waals surface area contributed by atoms with E-state index in [0.29, 0.717) is 0 Å². The van der Waals surface area contributed by atoms with Crippen LogP contribution in [0.25, 0.3) is 0 Å². The molecule has 1 rings (SSSR count). The van der Waals surface area contributed by atoms with E-state index in [2.05, 4.69) is 4.90 Å². The van der Waals surface area contributed by atoms with E-state index in [4.69, 9.17) is 5.73 Å². The number of aliphatic hydroxyl groups excluding tert-OH is 1. The van der Waals surface area contributed by atoms with Gasteiger partial charge < -0.3 is 15.7 Å². The minimum Gasteiger partial charge on any atom is -0.386 e. The molecule has 3 N–H and O–H groups in total. The number of aliphatic hydroxyl groups is 1. The summed E-state index contributed by atoms with van der Waals surface area (Å²) < 4.78 is 0. The minimum atomic E-state index is -0.523. The first-order valence-corrected chi connectivity index (χ1v) is 6.02. The Kier molecular flexibility index (Phi) is 4.73. The van der Waals surface area contributed by atoms with Gasteiger partial charge in [0.2, 0.25) is 0 Å². The van der Waals surface area contributed by atoms with Crippen molar-refractivity contribution in [2.24, 2.45) is 5.73 Å². The summed E-state index contributed by atoms with van der Waals surface area (Å²) in [5.74, 6) is 0. The zero-order valence-corrected chi connectivity index (χ0v) is 10.4. The lowest BCUT2D eigenvalue weighted by atomic mass is 10.0. The van der Waals surface area contributed by atoms with Gasteiger partial charge in [-0.15, -0.1) is 11.3 Å². The minimum absolute atomic E-state index is 0.176. The predicted molar refractivity (Wildman–Crippen MR) is 65.2 cm³/mol. The standard InChI is InChI=1S/C11H20N2OS/c1-8-5-7-15-11(8)10(14)9(12)4-6-13(2)3/h5,7,9-10,14H,4,6,12H2,1-3H3. The van der Waals surface area contributed by atoms with Gasteiger partial charge in [0.1, 0.15) is 6.10 Å². The van der Waals surface area contributed by atoms with Crippen LogP contribution in [0.4, 0.5) is 0 Å². The topological polar surface area (TPSA) is 49.5 Å². The molecule has 0 aliphatic heterocycles. The maximum absolute atomic E-state index is 10.0. The molecule has 2 atom stereocenters. The maximum Gasteiger partial charge on any atom is 0.103 e. The molecule has 86 valence electrons. The van der Waals surface area contributed by atoms with E-state index < -0.39 is 6.10 Å². The summed E-state index contributed by atoms with van der Waals surface area (Å²) in [6.07, 6.45) is 0.288. The van der Waals surface area contributed by atoms with Gasteiger partial charge in [-0.3, -0.25) is 0 Å². The molecule has 0 aromatic carbocycles. The van der Waals surface area contributed by atoms with Crippen LogP contribution in [0.2, 0.25) is 0 Å². The second-order valence-electron chi connectivity index (χ2n) is 4.17. The summed E-state index contributed by atoms with van der Waals surface area (Å²) in [6, 6.07) is 1.84. The van der Waals surface area contributed by atoms with Crippen LogP contribution >= 0.6 is 11.3 Å². The van der Waals surface area contributed by atoms with E-state index in [-0.39, 0.29) is 6.04 Å². The molecule has 2 unspecified atom stereocenters. The first-order valence-electron chi connectivity index (χ1n) is 5.14. The highest BCUT2D eigenvalue weighted by molar-refractivity contribution is 7.10. The van der Waals surface area contributed by atoms with Gasteiger partial charge in [0.25, 0.3) is 0 Å². The maximum atomic E-state index is 10.0. The van der Waals surface area contributed by atoms with Crippen LogP contribution in [-0.2, 0) is 0 Å². The Morgan fingerprint density at radius 3 is 2.67 bits per heavy atom. The molecule has 1 aromatic heterocycles. The Balaban J connectivity index is 2.53. The molecular weight excluding hydrogens is 208 g/mol. The van der Waals surface area contributed by atoms with Gasteiger partial charge in [0.05, 0.1) is 0 Å². The molecular formula is C11H20N2OS. The quantitative estimate of drug-likeness (QED) is 0.800. The van der Waals surface area contributed by atoms with Gasteiger partial charge in [-0.05, 0) is 51.0 Å². The fourth-order valence-electron chi connectivity index (χ4n) is 1.45. The number of nitrogens with zero attached hydrogens (tertiary/aromatic N) is 1. The fraction of sp³-hybridized carbons (Fsp3) is 0.636. The first-order chi connectivity index (χ1) is 7.02. The number of thiophene rings is 1.